The second-order valence-corrected chi connectivity index (χ2v) is 5.65. The highest BCUT2D eigenvalue weighted by Gasteiger charge is 2.15. The van der Waals surface area contributed by atoms with E-state index in [0.717, 1.165) is 25.7 Å². The molecule has 0 spiro atoms. The van der Waals surface area contributed by atoms with E-state index in [0.29, 0.717) is 6.42 Å². The zero-order chi connectivity index (χ0) is 11.2. The van der Waals surface area contributed by atoms with Crippen LogP contribution in [0, 0.1) is 0 Å². The van der Waals surface area contributed by atoms with Gasteiger partial charge in [-0.15, -0.1) is 0 Å². The van der Waals surface area contributed by atoms with Crippen LogP contribution in [0.4, 0.5) is 0 Å². The molecule has 0 aromatic rings. The highest BCUT2D eigenvalue weighted by molar-refractivity contribution is 7.86. The van der Waals surface area contributed by atoms with Crippen LogP contribution in [-0.4, -0.2) is 29.4 Å². The topological polar surface area (TPSA) is 74.6 Å². The van der Waals surface area contributed by atoms with Crippen molar-refractivity contribution in [2.24, 2.45) is 0 Å². The number of unbranched alkanes of at least 4 members (excludes halogenated alkanes) is 2. The molecule has 2 unspecified atom stereocenters. The first-order valence-electron chi connectivity index (χ1n) is 4.98. The Morgan fingerprint density at radius 2 is 1.57 bits per heavy atom. The van der Waals surface area contributed by atoms with E-state index in [-0.39, 0.29) is 6.10 Å². The number of aliphatic hydroxyl groups is 1. The molecule has 2 N–H and O–H groups in total. The molecule has 2 atom stereocenters. The number of aliphatic hydroxyl groups excluding tert-OH is 1. The lowest BCUT2D eigenvalue weighted by molar-refractivity contribution is 0.180. The van der Waals surface area contributed by atoms with Gasteiger partial charge in [0.25, 0.3) is 10.1 Å². The molecular weight excluding hydrogens is 204 g/mol. The van der Waals surface area contributed by atoms with Gasteiger partial charge in [0, 0.05) is 0 Å². The molecule has 0 amide bonds. The fourth-order valence-corrected chi connectivity index (χ4v) is 1.66. The van der Waals surface area contributed by atoms with Gasteiger partial charge in [-0.2, -0.15) is 8.42 Å². The summed E-state index contributed by atoms with van der Waals surface area (Å²) < 4.78 is 29.9. The second kappa shape index (κ2) is 6.37. The van der Waals surface area contributed by atoms with Crippen LogP contribution in [0.25, 0.3) is 0 Å². The Labute approximate surface area is 86.1 Å². The monoisotopic (exact) mass is 224 g/mol. The SMILES string of the molecule is CC(O)CCCCCC(C)S(=O)(=O)O. The molecule has 0 rings (SSSR count). The molecule has 0 saturated carbocycles. The Balaban J connectivity index is 3.46. The summed E-state index contributed by atoms with van der Waals surface area (Å²) in [6.07, 6.45) is 3.52. The van der Waals surface area contributed by atoms with Crippen molar-refractivity contribution >= 4 is 10.1 Å². The molecule has 0 saturated heterocycles. The maximum Gasteiger partial charge on any atom is 0.267 e. The normalized spacial score (nSPS) is 16.6. The van der Waals surface area contributed by atoms with Crippen LogP contribution < -0.4 is 0 Å². The van der Waals surface area contributed by atoms with Crippen molar-refractivity contribution in [1.29, 1.82) is 0 Å². The summed E-state index contributed by atoms with van der Waals surface area (Å²) in [6.45, 7) is 3.24. The minimum Gasteiger partial charge on any atom is -0.393 e. The van der Waals surface area contributed by atoms with Crippen molar-refractivity contribution in [2.75, 3.05) is 0 Å². The number of hydrogen-bond acceptors (Lipinski definition) is 3. The summed E-state index contributed by atoms with van der Waals surface area (Å²) in [6, 6.07) is 0. The molecule has 0 bridgehead atoms. The van der Waals surface area contributed by atoms with Crippen LogP contribution in [0.5, 0.6) is 0 Å². The summed E-state index contributed by atoms with van der Waals surface area (Å²) in [4.78, 5) is 0. The van der Waals surface area contributed by atoms with Gasteiger partial charge in [-0.3, -0.25) is 4.55 Å². The largest absolute Gasteiger partial charge is 0.393 e. The average molecular weight is 224 g/mol. The molecule has 0 aliphatic carbocycles. The third-order valence-electron chi connectivity index (χ3n) is 2.24. The first-order chi connectivity index (χ1) is 6.34. The van der Waals surface area contributed by atoms with E-state index in [9.17, 15) is 8.42 Å². The van der Waals surface area contributed by atoms with Crippen molar-refractivity contribution in [1.82, 2.24) is 0 Å². The highest BCUT2D eigenvalue weighted by Crippen LogP contribution is 2.11. The van der Waals surface area contributed by atoms with E-state index in [4.69, 9.17) is 9.66 Å². The molecule has 0 radical (unpaired) electrons. The maximum atomic E-state index is 10.6. The third kappa shape index (κ3) is 7.29. The molecule has 0 aliphatic heterocycles. The Morgan fingerprint density at radius 3 is 2.00 bits per heavy atom. The summed E-state index contributed by atoms with van der Waals surface area (Å²) >= 11 is 0. The Hall–Kier alpha value is -0.130. The van der Waals surface area contributed by atoms with Gasteiger partial charge in [0.1, 0.15) is 0 Å². The lowest BCUT2D eigenvalue weighted by atomic mass is 10.1. The van der Waals surface area contributed by atoms with Gasteiger partial charge in [0.2, 0.25) is 0 Å². The lowest BCUT2D eigenvalue weighted by Gasteiger charge is -2.07. The summed E-state index contributed by atoms with van der Waals surface area (Å²) in [5.41, 5.74) is 0. The number of hydrogen-bond donors (Lipinski definition) is 2. The van der Waals surface area contributed by atoms with Gasteiger partial charge in [-0.25, -0.2) is 0 Å². The van der Waals surface area contributed by atoms with Gasteiger partial charge in [-0.05, 0) is 26.7 Å². The van der Waals surface area contributed by atoms with Crippen molar-refractivity contribution < 1.29 is 18.1 Å². The van der Waals surface area contributed by atoms with Crippen molar-refractivity contribution in [2.45, 2.75) is 57.3 Å². The zero-order valence-corrected chi connectivity index (χ0v) is 9.63. The summed E-state index contributed by atoms with van der Waals surface area (Å²) in [5.74, 6) is 0. The smallest absolute Gasteiger partial charge is 0.267 e. The summed E-state index contributed by atoms with van der Waals surface area (Å²) in [5, 5.41) is 8.28. The molecular formula is C9H20O4S. The Kier molecular flexibility index (Phi) is 6.31. The maximum absolute atomic E-state index is 10.6. The van der Waals surface area contributed by atoms with Gasteiger partial charge >= 0.3 is 0 Å². The van der Waals surface area contributed by atoms with Gasteiger partial charge in [0.15, 0.2) is 0 Å². The molecule has 0 heterocycles. The van der Waals surface area contributed by atoms with Crippen molar-refractivity contribution in [3.8, 4) is 0 Å². The van der Waals surface area contributed by atoms with Gasteiger partial charge < -0.3 is 5.11 Å². The molecule has 4 nitrogen and oxygen atoms in total. The van der Waals surface area contributed by atoms with E-state index < -0.39 is 15.4 Å². The van der Waals surface area contributed by atoms with Crippen molar-refractivity contribution in [3.63, 3.8) is 0 Å². The van der Waals surface area contributed by atoms with E-state index in [1.807, 2.05) is 0 Å². The lowest BCUT2D eigenvalue weighted by Crippen LogP contribution is -2.16. The molecule has 14 heavy (non-hydrogen) atoms. The van der Waals surface area contributed by atoms with E-state index in [1.54, 1.807) is 6.92 Å². The predicted molar refractivity (Wildman–Crippen MR) is 55.8 cm³/mol. The van der Waals surface area contributed by atoms with Crippen LogP contribution in [0.2, 0.25) is 0 Å². The first-order valence-corrected chi connectivity index (χ1v) is 6.48. The second-order valence-electron chi connectivity index (χ2n) is 3.81. The molecule has 0 aliphatic rings. The highest BCUT2D eigenvalue weighted by atomic mass is 32.2. The van der Waals surface area contributed by atoms with E-state index >= 15 is 0 Å². The predicted octanol–water partition coefficient (Wildman–Crippen LogP) is 1.59. The molecule has 0 aromatic heterocycles. The average Bonchev–Trinajstić information content (AvgIpc) is 2.01. The fraction of sp³-hybridized carbons (Fsp3) is 1.00. The quantitative estimate of drug-likeness (QED) is 0.508. The molecule has 0 aromatic carbocycles. The minimum atomic E-state index is -3.86. The first kappa shape index (κ1) is 13.9. The van der Waals surface area contributed by atoms with Crippen LogP contribution in [-0.2, 0) is 10.1 Å². The molecule has 5 heteroatoms. The van der Waals surface area contributed by atoms with Gasteiger partial charge in [0.05, 0.1) is 11.4 Å². The van der Waals surface area contributed by atoms with Crippen LogP contribution >= 0.6 is 0 Å². The van der Waals surface area contributed by atoms with Gasteiger partial charge in [-0.1, -0.05) is 19.3 Å². The van der Waals surface area contributed by atoms with E-state index in [2.05, 4.69) is 0 Å². The fourth-order valence-electron chi connectivity index (χ4n) is 1.20. The Bertz CT molecular complexity index is 233. The van der Waals surface area contributed by atoms with Crippen LogP contribution in [0.15, 0.2) is 0 Å². The van der Waals surface area contributed by atoms with Crippen molar-refractivity contribution in [3.05, 3.63) is 0 Å². The zero-order valence-electron chi connectivity index (χ0n) is 8.81. The minimum absolute atomic E-state index is 0.283. The van der Waals surface area contributed by atoms with E-state index in [1.165, 1.54) is 6.92 Å². The van der Waals surface area contributed by atoms with Crippen LogP contribution in [0.1, 0.15) is 46.0 Å². The summed E-state index contributed by atoms with van der Waals surface area (Å²) in [7, 11) is -3.86. The number of rotatable bonds is 7. The third-order valence-corrected chi connectivity index (χ3v) is 3.49. The standard InChI is InChI=1S/C9H20O4S/c1-8(10)6-4-3-5-7-9(2)14(11,12)13/h8-10H,3-7H2,1-2H3,(H,11,12,13). The van der Waals surface area contributed by atoms with Crippen LogP contribution in [0.3, 0.4) is 0 Å². The molecule has 86 valence electrons. The molecule has 0 fully saturated rings. The Morgan fingerprint density at radius 1 is 1.07 bits per heavy atom.